The van der Waals surface area contributed by atoms with Gasteiger partial charge in [-0.1, -0.05) is 12.1 Å². The smallest absolute Gasteiger partial charge is 0.263 e. The summed E-state index contributed by atoms with van der Waals surface area (Å²) in [5, 5.41) is 9.73. The molecule has 5 nitrogen and oxygen atoms in total. The Bertz CT molecular complexity index is 926. The third-order valence-electron chi connectivity index (χ3n) is 4.24. The third-order valence-corrected chi connectivity index (χ3v) is 5.45. The van der Waals surface area contributed by atoms with Crippen molar-refractivity contribution in [3.05, 3.63) is 59.1 Å². The highest BCUT2D eigenvalue weighted by molar-refractivity contribution is 7.18. The molecule has 0 saturated carbocycles. The zero-order valence-electron chi connectivity index (χ0n) is 14.8. The first-order valence-corrected chi connectivity index (χ1v) is 9.10. The van der Waals surface area contributed by atoms with Gasteiger partial charge in [0.25, 0.3) is 5.91 Å². The van der Waals surface area contributed by atoms with Crippen LogP contribution in [0.5, 0.6) is 5.75 Å². The predicted molar refractivity (Wildman–Crippen MR) is 102 cm³/mol. The van der Waals surface area contributed by atoms with Crippen LogP contribution < -0.4 is 4.74 Å². The summed E-state index contributed by atoms with van der Waals surface area (Å²) in [5.41, 5.74) is 1.50. The van der Waals surface area contributed by atoms with Gasteiger partial charge in [-0.25, -0.2) is 4.98 Å². The van der Waals surface area contributed by atoms with Gasteiger partial charge in [0.2, 0.25) is 0 Å². The van der Waals surface area contributed by atoms with Gasteiger partial charge in [0.05, 0.1) is 27.9 Å². The van der Waals surface area contributed by atoms with Crippen LogP contribution in [0.1, 0.15) is 30.5 Å². The van der Waals surface area contributed by atoms with Crippen LogP contribution in [0, 0.1) is 11.3 Å². The average molecular weight is 365 g/mol. The molecular weight excluding hydrogens is 346 g/mol. The molecule has 1 heterocycles. The SMILES string of the molecule is C[C@H](Oc1ccc(C#N)cc1)C(=O)N(C)[C@@H](C)c1nc2ccccc2s1. The summed E-state index contributed by atoms with van der Waals surface area (Å²) in [5.74, 6) is 0.437. The molecule has 1 amide bonds. The maximum atomic E-state index is 12.7. The molecule has 0 saturated heterocycles. The van der Waals surface area contributed by atoms with Crippen molar-refractivity contribution in [2.45, 2.75) is 26.0 Å². The first-order valence-electron chi connectivity index (χ1n) is 8.28. The number of likely N-dealkylation sites (N-methyl/N-ethyl adjacent to an activating group) is 1. The lowest BCUT2D eigenvalue weighted by Crippen LogP contribution is -2.39. The third kappa shape index (κ3) is 3.68. The lowest BCUT2D eigenvalue weighted by Gasteiger charge is -2.26. The second kappa shape index (κ2) is 7.54. The van der Waals surface area contributed by atoms with Crippen molar-refractivity contribution < 1.29 is 9.53 Å². The normalized spacial score (nSPS) is 13.0. The van der Waals surface area contributed by atoms with Crippen LogP contribution >= 0.6 is 11.3 Å². The molecule has 132 valence electrons. The molecule has 2 aromatic carbocycles. The van der Waals surface area contributed by atoms with Gasteiger partial charge < -0.3 is 9.64 Å². The van der Waals surface area contributed by atoms with Crippen molar-refractivity contribution in [3.8, 4) is 11.8 Å². The number of rotatable bonds is 5. The van der Waals surface area contributed by atoms with Crippen molar-refractivity contribution >= 4 is 27.5 Å². The van der Waals surface area contributed by atoms with E-state index in [0.717, 1.165) is 15.2 Å². The molecule has 2 atom stereocenters. The average Bonchev–Trinajstić information content (AvgIpc) is 3.11. The molecule has 3 aromatic rings. The van der Waals surface area contributed by atoms with Crippen molar-refractivity contribution in [1.29, 1.82) is 5.26 Å². The van der Waals surface area contributed by atoms with E-state index in [0.29, 0.717) is 11.3 Å². The minimum Gasteiger partial charge on any atom is -0.481 e. The molecule has 0 aliphatic carbocycles. The lowest BCUT2D eigenvalue weighted by atomic mass is 10.2. The number of carbonyl (C=O) groups excluding carboxylic acids is 1. The number of hydrogen-bond donors (Lipinski definition) is 0. The zero-order valence-corrected chi connectivity index (χ0v) is 15.7. The molecule has 0 aliphatic heterocycles. The number of aromatic nitrogens is 1. The number of nitrogens with zero attached hydrogens (tertiary/aromatic N) is 3. The number of thiazole rings is 1. The van der Waals surface area contributed by atoms with Crippen LogP contribution in [-0.4, -0.2) is 28.9 Å². The summed E-state index contributed by atoms with van der Waals surface area (Å²) in [6, 6.07) is 16.6. The molecule has 26 heavy (non-hydrogen) atoms. The van der Waals surface area contributed by atoms with Gasteiger partial charge in [-0.3, -0.25) is 4.79 Å². The second-order valence-corrected chi connectivity index (χ2v) is 7.10. The quantitative estimate of drug-likeness (QED) is 0.681. The number of hydrogen-bond acceptors (Lipinski definition) is 5. The molecule has 0 N–H and O–H groups in total. The summed E-state index contributed by atoms with van der Waals surface area (Å²) in [6.45, 7) is 3.69. The minimum atomic E-state index is -0.634. The van der Waals surface area contributed by atoms with Crippen LogP contribution in [0.3, 0.4) is 0 Å². The number of fused-ring (bicyclic) bond motifs is 1. The van der Waals surface area contributed by atoms with E-state index >= 15 is 0 Å². The van der Waals surface area contributed by atoms with E-state index in [-0.39, 0.29) is 11.9 Å². The minimum absolute atomic E-state index is 0.124. The van der Waals surface area contributed by atoms with Crippen LogP contribution in [0.2, 0.25) is 0 Å². The molecular formula is C20H19N3O2S. The fraction of sp³-hybridized carbons (Fsp3) is 0.250. The highest BCUT2D eigenvalue weighted by Gasteiger charge is 2.25. The number of ether oxygens (including phenoxy) is 1. The topological polar surface area (TPSA) is 66.2 Å². The molecule has 6 heteroatoms. The maximum Gasteiger partial charge on any atom is 0.263 e. The summed E-state index contributed by atoms with van der Waals surface area (Å²) in [4.78, 5) is 19.0. The highest BCUT2D eigenvalue weighted by Crippen LogP contribution is 2.29. The monoisotopic (exact) mass is 365 g/mol. The molecule has 0 spiro atoms. The molecule has 0 unspecified atom stereocenters. The lowest BCUT2D eigenvalue weighted by molar-refractivity contribution is -0.138. The first kappa shape index (κ1) is 17.9. The van der Waals surface area contributed by atoms with Crippen LogP contribution in [0.15, 0.2) is 48.5 Å². The number of amides is 1. The molecule has 0 fully saturated rings. The van der Waals surface area contributed by atoms with E-state index in [1.807, 2.05) is 31.2 Å². The van der Waals surface area contributed by atoms with Gasteiger partial charge in [-0.15, -0.1) is 11.3 Å². The molecule has 3 rings (SSSR count). The standard InChI is InChI=1S/C20H19N3O2S/c1-13(19-22-17-6-4-5-7-18(17)26-19)23(3)20(24)14(2)25-16-10-8-15(12-21)9-11-16/h4-11,13-14H,1-3H3/t13-,14-/m0/s1. The van der Waals surface area contributed by atoms with E-state index in [9.17, 15) is 4.79 Å². The largest absolute Gasteiger partial charge is 0.481 e. The Hall–Kier alpha value is -2.91. The summed E-state index contributed by atoms with van der Waals surface area (Å²) < 4.78 is 6.83. The maximum absolute atomic E-state index is 12.7. The Balaban J connectivity index is 1.69. The zero-order chi connectivity index (χ0) is 18.7. The van der Waals surface area contributed by atoms with E-state index in [4.69, 9.17) is 10.00 Å². The van der Waals surface area contributed by atoms with Gasteiger partial charge in [-0.2, -0.15) is 5.26 Å². The highest BCUT2D eigenvalue weighted by atomic mass is 32.1. The first-order chi connectivity index (χ1) is 12.5. The Labute approximate surface area is 156 Å². The molecule has 0 bridgehead atoms. The number of benzene rings is 2. The van der Waals surface area contributed by atoms with Crippen LogP contribution in [0.25, 0.3) is 10.2 Å². The van der Waals surface area contributed by atoms with E-state index in [1.54, 1.807) is 54.5 Å². The summed E-state index contributed by atoms with van der Waals surface area (Å²) in [6.07, 6.45) is -0.634. The Morgan fingerprint density at radius 3 is 2.54 bits per heavy atom. The van der Waals surface area contributed by atoms with E-state index in [2.05, 4.69) is 11.1 Å². The number of nitriles is 1. The fourth-order valence-electron chi connectivity index (χ4n) is 2.57. The summed E-state index contributed by atoms with van der Waals surface area (Å²) >= 11 is 1.59. The van der Waals surface area contributed by atoms with Crippen molar-refractivity contribution in [3.63, 3.8) is 0 Å². The van der Waals surface area contributed by atoms with Gasteiger partial charge in [0, 0.05) is 7.05 Å². The Kier molecular flexibility index (Phi) is 5.19. The van der Waals surface area contributed by atoms with Gasteiger partial charge in [0.15, 0.2) is 6.10 Å². The van der Waals surface area contributed by atoms with Gasteiger partial charge in [0.1, 0.15) is 10.8 Å². The second-order valence-electron chi connectivity index (χ2n) is 6.04. The number of para-hydroxylation sites is 1. The van der Waals surface area contributed by atoms with Crippen LogP contribution in [-0.2, 0) is 4.79 Å². The number of carbonyl (C=O) groups is 1. The fourth-order valence-corrected chi connectivity index (χ4v) is 3.64. The van der Waals surface area contributed by atoms with Crippen molar-refractivity contribution in [2.75, 3.05) is 7.05 Å². The Morgan fingerprint density at radius 1 is 1.19 bits per heavy atom. The van der Waals surface area contributed by atoms with Gasteiger partial charge in [-0.05, 0) is 50.2 Å². The van der Waals surface area contributed by atoms with Gasteiger partial charge >= 0.3 is 0 Å². The molecule has 1 aromatic heterocycles. The van der Waals surface area contributed by atoms with E-state index in [1.165, 1.54) is 0 Å². The Morgan fingerprint density at radius 2 is 1.88 bits per heavy atom. The van der Waals surface area contributed by atoms with E-state index < -0.39 is 6.10 Å². The molecule has 0 aliphatic rings. The van der Waals surface area contributed by atoms with Crippen LogP contribution in [0.4, 0.5) is 0 Å². The van der Waals surface area contributed by atoms with Crippen molar-refractivity contribution in [2.24, 2.45) is 0 Å². The predicted octanol–water partition coefficient (Wildman–Crippen LogP) is 4.15. The molecule has 0 radical (unpaired) electrons. The summed E-state index contributed by atoms with van der Waals surface area (Å²) in [7, 11) is 1.76. The van der Waals surface area contributed by atoms with Crippen molar-refractivity contribution in [1.82, 2.24) is 9.88 Å².